The summed E-state index contributed by atoms with van der Waals surface area (Å²) >= 11 is 0. The number of ether oxygens (including phenoxy) is 1. The largest absolute Gasteiger partial charge is 0.491 e. The lowest BCUT2D eigenvalue weighted by Gasteiger charge is -2.18. The zero-order valence-electron chi connectivity index (χ0n) is 16.1. The van der Waals surface area contributed by atoms with Crippen LogP contribution in [0.3, 0.4) is 0 Å². The Kier molecular flexibility index (Phi) is 7.19. The predicted molar refractivity (Wildman–Crippen MR) is 102 cm³/mol. The van der Waals surface area contributed by atoms with Gasteiger partial charge in [0.15, 0.2) is 15.8 Å². The molecule has 0 radical (unpaired) electrons. The van der Waals surface area contributed by atoms with E-state index < -0.39 is 21.6 Å². The van der Waals surface area contributed by atoms with Gasteiger partial charge in [-0.3, -0.25) is 0 Å². The fourth-order valence-electron chi connectivity index (χ4n) is 2.89. The number of aliphatic imine (C=N–C) groups is 1. The van der Waals surface area contributed by atoms with Gasteiger partial charge < -0.3 is 15.4 Å². The van der Waals surface area contributed by atoms with Gasteiger partial charge in [0.05, 0.1) is 29.7 Å². The minimum Gasteiger partial charge on any atom is -0.491 e. The molecule has 2 rings (SSSR count). The van der Waals surface area contributed by atoms with Crippen molar-refractivity contribution < 1.29 is 26.3 Å². The Morgan fingerprint density at radius 3 is 2.61 bits per heavy atom. The Morgan fingerprint density at radius 1 is 1.36 bits per heavy atom. The zero-order chi connectivity index (χ0) is 20.9. The molecule has 1 atom stereocenters. The van der Waals surface area contributed by atoms with Crippen LogP contribution in [0.5, 0.6) is 5.75 Å². The summed E-state index contributed by atoms with van der Waals surface area (Å²) in [4.78, 5) is 4.22. The normalized spacial score (nSPS) is 19.7. The molecular formula is C18H26F3N3O3S. The quantitative estimate of drug-likeness (QED) is 0.545. The Labute approximate surface area is 163 Å². The number of guanidine groups is 1. The molecule has 0 bridgehead atoms. The van der Waals surface area contributed by atoms with Crippen LogP contribution in [0.2, 0.25) is 0 Å². The molecule has 1 aromatic carbocycles. The van der Waals surface area contributed by atoms with Crippen LogP contribution in [0.1, 0.15) is 38.3 Å². The van der Waals surface area contributed by atoms with Crippen molar-refractivity contribution in [3.63, 3.8) is 0 Å². The number of nitrogens with zero attached hydrogens (tertiary/aromatic N) is 1. The minimum absolute atomic E-state index is 0.00749. The van der Waals surface area contributed by atoms with Gasteiger partial charge in [0, 0.05) is 12.6 Å². The summed E-state index contributed by atoms with van der Waals surface area (Å²) in [6.07, 6.45) is -4.33. The molecule has 0 spiro atoms. The maximum atomic E-state index is 13.4. The van der Waals surface area contributed by atoms with E-state index >= 15 is 0 Å². The summed E-state index contributed by atoms with van der Waals surface area (Å²) in [5, 5.41) is 5.93. The third-order valence-electron chi connectivity index (χ3n) is 4.08. The molecule has 28 heavy (non-hydrogen) atoms. The van der Waals surface area contributed by atoms with Crippen molar-refractivity contribution in [3.05, 3.63) is 29.3 Å². The number of hydrogen-bond acceptors (Lipinski definition) is 4. The van der Waals surface area contributed by atoms with E-state index in [0.29, 0.717) is 18.9 Å². The van der Waals surface area contributed by atoms with E-state index in [0.717, 1.165) is 6.07 Å². The zero-order valence-corrected chi connectivity index (χ0v) is 17.0. The van der Waals surface area contributed by atoms with Crippen LogP contribution in [0.15, 0.2) is 23.2 Å². The van der Waals surface area contributed by atoms with Gasteiger partial charge in [-0.25, -0.2) is 13.4 Å². The van der Waals surface area contributed by atoms with E-state index in [1.165, 1.54) is 12.1 Å². The van der Waals surface area contributed by atoms with Gasteiger partial charge in [-0.1, -0.05) is 6.07 Å². The molecule has 1 saturated heterocycles. The molecular weight excluding hydrogens is 395 g/mol. The van der Waals surface area contributed by atoms with Crippen molar-refractivity contribution >= 4 is 15.8 Å². The highest BCUT2D eigenvalue weighted by atomic mass is 32.2. The highest BCUT2D eigenvalue weighted by Crippen LogP contribution is 2.35. The highest BCUT2D eigenvalue weighted by Gasteiger charge is 2.34. The highest BCUT2D eigenvalue weighted by molar-refractivity contribution is 7.91. The fraction of sp³-hybridized carbons (Fsp3) is 0.611. The smallest absolute Gasteiger partial charge is 0.416 e. The molecule has 0 saturated carbocycles. The van der Waals surface area contributed by atoms with Gasteiger partial charge in [0.2, 0.25) is 0 Å². The second-order valence-electron chi connectivity index (χ2n) is 6.92. The number of halogens is 3. The maximum absolute atomic E-state index is 13.4. The Balaban J connectivity index is 2.20. The van der Waals surface area contributed by atoms with Crippen LogP contribution >= 0.6 is 0 Å². The molecule has 1 heterocycles. The first-order valence-electron chi connectivity index (χ1n) is 9.12. The molecule has 0 aromatic heterocycles. The maximum Gasteiger partial charge on any atom is 0.416 e. The number of benzene rings is 1. The van der Waals surface area contributed by atoms with Gasteiger partial charge in [-0.2, -0.15) is 13.2 Å². The summed E-state index contributed by atoms with van der Waals surface area (Å²) in [5.74, 6) is 0.531. The van der Waals surface area contributed by atoms with E-state index in [2.05, 4.69) is 15.6 Å². The summed E-state index contributed by atoms with van der Waals surface area (Å²) in [7, 11) is -3.07. The van der Waals surface area contributed by atoms with Gasteiger partial charge in [-0.15, -0.1) is 0 Å². The summed E-state index contributed by atoms with van der Waals surface area (Å²) < 4.78 is 68.9. The summed E-state index contributed by atoms with van der Waals surface area (Å²) in [5.41, 5.74) is -0.784. The van der Waals surface area contributed by atoms with Crippen LogP contribution in [-0.4, -0.2) is 44.6 Å². The molecule has 0 aliphatic carbocycles. The van der Waals surface area contributed by atoms with Crippen molar-refractivity contribution in [1.29, 1.82) is 0 Å². The van der Waals surface area contributed by atoms with Crippen LogP contribution in [0.4, 0.5) is 13.2 Å². The van der Waals surface area contributed by atoms with Crippen LogP contribution in [0.25, 0.3) is 0 Å². The lowest BCUT2D eigenvalue weighted by molar-refractivity contribution is -0.138. The van der Waals surface area contributed by atoms with Crippen molar-refractivity contribution in [3.8, 4) is 5.75 Å². The summed E-state index contributed by atoms with van der Waals surface area (Å²) in [6, 6.07) is 3.53. The second-order valence-corrected chi connectivity index (χ2v) is 9.15. The molecule has 1 unspecified atom stereocenters. The molecule has 6 nitrogen and oxygen atoms in total. The predicted octanol–water partition coefficient (Wildman–Crippen LogP) is 2.73. The molecule has 1 aliphatic heterocycles. The summed E-state index contributed by atoms with van der Waals surface area (Å²) in [6.45, 7) is 5.60. The second kappa shape index (κ2) is 9.02. The van der Waals surface area contributed by atoms with Crippen molar-refractivity contribution in [2.75, 3.05) is 18.1 Å². The molecule has 0 amide bonds. The van der Waals surface area contributed by atoms with Crippen molar-refractivity contribution in [2.45, 2.75) is 52.1 Å². The number of sulfone groups is 1. The third-order valence-corrected chi connectivity index (χ3v) is 5.85. The first-order valence-corrected chi connectivity index (χ1v) is 10.9. The molecule has 2 N–H and O–H groups in total. The van der Waals surface area contributed by atoms with Crippen LogP contribution < -0.4 is 15.4 Å². The van der Waals surface area contributed by atoms with E-state index in [4.69, 9.17) is 4.74 Å². The van der Waals surface area contributed by atoms with Crippen molar-refractivity contribution in [1.82, 2.24) is 10.6 Å². The van der Waals surface area contributed by atoms with Gasteiger partial charge in [-0.05, 0) is 44.9 Å². The van der Waals surface area contributed by atoms with Gasteiger partial charge >= 0.3 is 6.18 Å². The SMILES string of the molecule is CCNC(=NCc1ccc(OC(C)C)cc1C(F)(F)F)NC1CCS(=O)(=O)C1. The number of rotatable bonds is 6. The van der Waals surface area contributed by atoms with E-state index in [-0.39, 0.29) is 41.5 Å². The molecule has 158 valence electrons. The van der Waals surface area contributed by atoms with Crippen LogP contribution in [-0.2, 0) is 22.6 Å². The van der Waals surface area contributed by atoms with Crippen LogP contribution in [0, 0.1) is 0 Å². The van der Waals surface area contributed by atoms with E-state index in [9.17, 15) is 21.6 Å². The topological polar surface area (TPSA) is 79.8 Å². The van der Waals surface area contributed by atoms with Gasteiger partial charge in [0.25, 0.3) is 0 Å². The number of alkyl halides is 3. The molecule has 10 heteroatoms. The molecule has 1 fully saturated rings. The molecule has 1 aliphatic rings. The number of hydrogen-bond donors (Lipinski definition) is 2. The average molecular weight is 421 g/mol. The lowest BCUT2D eigenvalue weighted by Crippen LogP contribution is -2.44. The number of nitrogens with one attached hydrogen (secondary N) is 2. The molecule has 1 aromatic rings. The Hall–Kier alpha value is -1.97. The lowest BCUT2D eigenvalue weighted by atomic mass is 10.1. The standard InChI is InChI=1S/C18H26F3N3O3S/c1-4-22-17(24-14-7-8-28(25,26)11-14)23-10-13-5-6-15(27-12(2)3)9-16(13)18(19,20)21/h5-6,9,12,14H,4,7-8,10-11H2,1-3H3,(H2,22,23,24). The van der Waals surface area contributed by atoms with E-state index in [1.54, 1.807) is 13.8 Å². The van der Waals surface area contributed by atoms with E-state index in [1.807, 2.05) is 6.92 Å². The van der Waals surface area contributed by atoms with Crippen molar-refractivity contribution in [2.24, 2.45) is 4.99 Å². The monoisotopic (exact) mass is 421 g/mol. The van der Waals surface area contributed by atoms with Gasteiger partial charge in [0.1, 0.15) is 5.75 Å². The Morgan fingerprint density at radius 2 is 2.07 bits per heavy atom. The Bertz CT molecular complexity index is 808. The third kappa shape index (κ3) is 6.57. The first-order chi connectivity index (χ1) is 13.0. The first kappa shape index (κ1) is 22.3. The average Bonchev–Trinajstić information content (AvgIpc) is 2.91. The minimum atomic E-state index is -4.54. The fourth-order valence-corrected chi connectivity index (χ4v) is 4.56.